The number of nitrogens with zero attached hydrogens (tertiary/aromatic N) is 4. The minimum atomic E-state index is 0.382. The van der Waals surface area contributed by atoms with Crippen LogP contribution in [0.15, 0.2) is 30.6 Å². The first-order valence-electron chi connectivity index (χ1n) is 9.49. The van der Waals surface area contributed by atoms with Crippen molar-refractivity contribution < 1.29 is 9.47 Å². The van der Waals surface area contributed by atoms with Gasteiger partial charge in [0.15, 0.2) is 0 Å². The van der Waals surface area contributed by atoms with Crippen molar-refractivity contribution in [3.8, 4) is 0 Å². The SMILES string of the molecule is Cc1cc(CN2C[C@H]3[C@@H](CCOCc4cccnc4)CO[C@H]3C2)n(C)n1. The summed E-state index contributed by atoms with van der Waals surface area (Å²) in [4.78, 5) is 6.63. The highest BCUT2D eigenvalue weighted by Gasteiger charge is 2.43. The summed E-state index contributed by atoms with van der Waals surface area (Å²) in [5.41, 5.74) is 3.49. The van der Waals surface area contributed by atoms with Crippen molar-refractivity contribution in [2.24, 2.45) is 18.9 Å². The fraction of sp³-hybridized carbons (Fsp3) is 0.600. The van der Waals surface area contributed by atoms with Crippen molar-refractivity contribution in [2.45, 2.75) is 32.6 Å². The van der Waals surface area contributed by atoms with Gasteiger partial charge in [0.2, 0.25) is 0 Å². The van der Waals surface area contributed by atoms with E-state index in [0.29, 0.717) is 24.5 Å². The Morgan fingerprint density at radius 2 is 2.27 bits per heavy atom. The lowest BCUT2D eigenvalue weighted by Crippen LogP contribution is -2.25. The summed E-state index contributed by atoms with van der Waals surface area (Å²) in [7, 11) is 2.03. The normalized spacial score (nSPS) is 25.7. The Balaban J connectivity index is 1.23. The molecule has 0 aromatic carbocycles. The zero-order valence-electron chi connectivity index (χ0n) is 15.7. The Morgan fingerprint density at radius 3 is 3.04 bits per heavy atom. The molecule has 4 rings (SSSR count). The van der Waals surface area contributed by atoms with Crippen LogP contribution in [0.2, 0.25) is 0 Å². The van der Waals surface area contributed by atoms with E-state index in [-0.39, 0.29) is 0 Å². The Kier molecular flexibility index (Phi) is 5.33. The number of fused-ring (bicyclic) bond motifs is 1. The molecule has 0 spiro atoms. The molecule has 0 radical (unpaired) electrons. The summed E-state index contributed by atoms with van der Waals surface area (Å²) in [5.74, 6) is 1.23. The predicted molar refractivity (Wildman–Crippen MR) is 98.5 cm³/mol. The van der Waals surface area contributed by atoms with Crippen molar-refractivity contribution in [1.82, 2.24) is 19.7 Å². The molecular weight excluding hydrogens is 328 g/mol. The molecule has 0 N–H and O–H groups in total. The van der Waals surface area contributed by atoms with E-state index in [1.54, 1.807) is 6.20 Å². The second-order valence-electron chi connectivity index (χ2n) is 7.59. The molecule has 26 heavy (non-hydrogen) atoms. The Bertz CT molecular complexity index is 718. The maximum Gasteiger partial charge on any atom is 0.0746 e. The highest BCUT2D eigenvalue weighted by Crippen LogP contribution is 2.36. The Morgan fingerprint density at radius 1 is 1.35 bits per heavy atom. The lowest BCUT2D eigenvalue weighted by molar-refractivity contribution is 0.0815. The molecule has 0 saturated carbocycles. The first-order chi connectivity index (χ1) is 12.7. The van der Waals surface area contributed by atoms with Gasteiger partial charge < -0.3 is 9.47 Å². The van der Waals surface area contributed by atoms with Crippen molar-refractivity contribution >= 4 is 0 Å². The fourth-order valence-electron chi connectivity index (χ4n) is 4.26. The zero-order valence-corrected chi connectivity index (χ0v) is 15.7. The highest BCUT2D eigenvalue weighted by atomic mass is 16.5. The van der Waals surface area contributed by atoms with E-state index in [9.17, 15) is 0 Å². The lowest BCUT2D eigenvalue weighted by Gasteiger charge is -2.19. The molecule has 140 valence electrons. The number of aryl methyl sites for hydroxylation is 2. The van der Waals surface area contributed by atoms with Crippen LogP contribution in [-0.4, -0.2) is 52.1 Å². The van der Waals surface area contributed by atoms with Gasteiger partial charge in [0.05, 0.1) is 30.7 Å². The summed E-state index contributed by atoms with van der Waals surface area (Å²) >= 11 is 0. The van der Waals surface area contributed by atoms with Gasteiger partial charge in [-0.2, -0.15) is 5.10 Å². The zero-order chi connectivity index (χ0) is 17.9. The van der Waals surface area contributed by atoms with Crippen LogP contribution in [0.1, 0.15) is 23.4 Å². The summed E-state index contributed by atoms with van der Waals surface area (Å²) in [6.45, 7) is 7.45. The molecule has 0 bridgehead atoms. The van der Waals surface area contributed by atoms with E-state index in [2.05, 4.69) is 27.1 Å². The van der Waals surface area contributed by atoms with Crippen LogP contribution in [0.4, 0.5) is 0 Å². The van der Waals surface area contributed by atoms with E-state index < -0.39 is 0 Å². The number of aromatic nitrogens is 3. The van der Waals surface area contributed by atoms with Crippen LogP contribution >= 0.6 is 0 Å². The van der Waals surface area contributed by atoms with Crippen LogP contribution in [0.5, 0.6) is 0 Å². The summed E-state index contributed by atoms with van der Waals surface area (Å²) in [5, 5.41) is 4.45. The van der Waals surface area contributed by atoms with E-state index >= 15 is 0 Å². The smallest absolute Gasteiger partial charge is 0.0746 e. The number of hydrogen-bond acceptors (Lipinski definition) is 5. The number of rotatable bonds is 7. The maximum atomic E-state index is 6.08. The topological polar surface area (TPSA) is 52.4 Å². The molecule has 2 saturated heterocycles. The molecule has 0 aliphatic carbocycles. The molecule has 6 heteroatoms. The lowest BCUT2D eigenvalue weighted by atomic mass is 9.91. The first-order valence-corrected chi connectivity index (χ1v) is 9.49. The van der Waals surface area contributed by atoms with Gasteiger partial charge in [-0.1, -0.05) is 6.07 Å². The largest absolute Gasteiger partial charge is 0.377 e. The first kappa shape index (κ1) is 17.6. The summed E-state index contributed by atoms with van der Waals surface area (Å²) in [6, 6.07) is 6.18. The number of ether oxygens (including phenoxy) is 2. The van der Waals surface area contributed by atoms with Crippen LogP contribution in [0.3, 0.4) is 0 Å². The highest BCUT2D eigenvalue weighted by molar-refractivity contribution is 5.09. The summed E-state index contributed by atoms with van der Waals surface area (Å²) in [6.07, 6.45) is 5.11. The van der Waals surface area contributed by atoms with E-state index in [4.69, 9.17) is 9.47 Å². The van der Waals surface area contributed by atoms with E-state index in [0.717, 1.165) is 50.5 Å². The van der Waals surface area contributed by atoms with Crippen LogP contribution in [-0.2, 0) is 29.7 Å². The second kappa shape index (κ2) is 7.86. The molecule has 4 heterocycles. The van der Waals surface area contributed by atoms with Crippen molar-refractivity contribution in [1.29, 1.82) is 0 Å². The standard InChI is InChI=1S/C20H28N4O2/c1-15-8-18(23(2)22-15)10-24-11-19-17(14-26-20(19)12-24)5-7-25-13-16-4-3-6-21-9-16/h3-4,6,8-9,17,19-20H,5,7,10-14H2,1-2H3/t17-,19-,20-/m0/s1. The van der Waals surface area contributed by atoms with Gasteiger partial charge in [-0.25, -0.2) is 0 Å². The van der Waals surface area contributed by atoms with E-state index in [1.165, 1.54) is 5.69 Å². The van der Waals surface area contributed by atoms with E-state index in [1.807, 2.05) is 30.9 Å². The quantitative estimate of drug-likeness (QED) is 0.712. The molecule has 2 aromatic rings. The third-order valence-electron chi connectivity index (χ3n) is 5.62. The van der Waals surface area contributed by atoms with Crippen molar-refractivity contribution in [2.75, 3.05) is 26.3 Å². The molecular formula is C20H28N4O2. The Hall–Kier alpha value is -1.76. The fourth-order valence-corrected chi connectivity index (χ4v) is 4.26. The Labute approximate surface area is 155 Å². The average Bonchev–Trinajstić information content (AvgIpc) is 3.28. The molecule has 3 atom stereocenters. The predicted octanol–water partition coefficient (Wildman–Crippen LogP) is 2.18. The monoisotopic (exact) mass is 356 g/mol. The van der Waals surface area contributed by atoms with Crippen LogP contribution in [0, 0.1) is 18.8 Å². The van der Waals surface area contributed by atoms with Gasteiger partial charge in [0.25, 0.3) is 0 Å². The van der Waals surface area contributed by atoms with Gasteiger partial charge >= 0.3 is 0 Å². The van der Waals surface area contributed by atoms with Crippen LogP contribution < -0.4 is 0 Å². The number of pyridine rings is 1. The van der Waals surface area contributed by atoms with Gasteiger partial charge in [-0.05, 0) is 37.0 Å². The van der Waals surface area contributed by atoms with Gasteiger partial charge in [0.1, 0.15) is 0 Å². The average molecular weight is 356 g/mol. The number of likely N-dealkylation sites (tertiary alicyclic amines) is 1. The molecule has 2 aliphatic rings. The molecule has 2 aromatic heterocycles. The molecule has 2 fully saturated rings. The molecule has 0 unspecified atom stereocenters. The van der Waals surface area contributed by atoms with Gasteiger partial charge in [-0.3, -0.25) is 14.6 Å². The van der Waals surface area contributed by atoms with Crippen molar-refractivity contribution in [3.05, 3.63) is 47.5 Å². The van der Waals surface area contributed by atoms with Gasteiger partial charge in [-0.15, -0.1) is 0 Å². The third kappa shape index (κ3) is 3.98. The second-order valence-corrected chi connectivity index (χ2v) is 7.59. The van der Waals surface area contributed by atoms with Gasteiger partial charge in [0, 0.05) is 51.6 Å². The van der Waals surface area contributed by atoms with Crippen molar-refractivity contribution in [3.63, 3.8) is 0 Å². The van der Waals surface area contributed by atoms with Crippen LogP contribution in [0.25, 0.3) is 0 Å². The summed E-state index contributed by atoms with van der Waals surface area (Å²) < 4.78 is 13.9. The minimum Gasteiger partial charge on any atom is -0.377 e. The third-order valence-corrected chi connectivity index (χ3v) is 5.62. The number of hydrogen-bond donors (Lipinski definition) is 0. The minimum absolute atomic E-state index is 0.382. The molecule has 2 aliphatic heterocycles. The maximum absolute atomic E-state index is 6.08. The molecule has 0 amide bonds. The molecule has 6 nitrogen and oxygen atoms in total.